The van der Waals surface area contributed by atoms with Gasteiger partial charge in [-0.1, -0.05) is 69.8 Å². The van der Waals surface area contributed by atoms with Crippen LogP contribution in [0.5, 0.6) is 0 Å². The number of aryl methyl sites for hydroxylation is 2. The SMILES string of the molecule is Cc1cc(CN(C(=O)C(Cl)Cl)c2ccnc(-c3cc(-c4c(Cl)cccc4Cl)no3)c2)cc(C)c1CCCOC(N)=O. The first kappa shape index (κ1) is 30.7. The molecule has 2 amide bonds. The van der Waals surface area contributed by atoms with E-state index >= 15 is 0 Å². The maximum Gasteiger partial charge on any atom is 0.404 e. The highest BCUT2D eigenvalue weighted by molar-refractivity contribution is 6.54. The number of carbonyl (C=O) groups excluding carboxylic acids is 2. The van der Waals surface area contributed by atoms with Crippen LogP contribution in [0.1, 0.15) is 28.7 Å². The molecule has 0 atom stereocenters. The summed E-state index contributed by atoms with van der Waals surface area (Å²) in [5.41, 5.74) is 11.1. The van der Waals surface area contributed by atoms with Crippen molar-refractivity contribution in [2.75, 3.05) is 11.5 Å². The van der Waals surface area contributed by atoms with E-state index < -0.39 is 16.8 Å². The van der Waals surface area contributed by atoms with Crippen LogP contribution in [-0.2, 0) is 22.5 Å². The van der Waals surface area contributed by atoms with E-state index in [0.29, 0.717) is 51.3 Å². The Morgan fingerprint density at radius 3 is 2.34 bits per heavy atom. The normalized spacial score (nSPS) is 11.1. The molecule has 2 aromatic carbocycles. The lowest BCUT2D eigenvalue weighted by Crippen LogP contribution is -2.34. The number of carbonyl (C=O) groups is 2. The summed E-state index contributed by atoms with van der Waals surface area (Å²) >= 11 is 24.7. The van der Waals surface area contributed by atoms with Crippen LogP contribution < -0.4 is 10.6 Å². The number of halogens is 4. The fourth-order valence-electron chi connectivity index (χ4n) is 4.57. The second kappa shape index (κ2) is 13.6. The first-order valence-corrected chi connectivity index (χ1v) is 14.2. The number of benzene rings is 2. The molecule has 41 heavy (non-hydrogen) atoms. The van der Waals surface area contributed by atoms with Crippen molar-refractivity contribution >= 4 is 64.1 Å². The fraction of sp³-hybridized carbons (Fsp3) is 0.241. The lowest BCUT2D eigenvalue weighted by Gasteiger charge is -2.25. The zero-order valence-electron chi connectivity index (χ0n) is 22.2. The molecule has 4 rings (SSSR count). The fourth-order valence-corrected chi connectivity index (χ4v) is 5.39. The lowest BCUT2D eigenvalue weighted by atomic mass is 9.95. The van der Waals surface area contributed by atoms with E-state index in [4.69, 9.17) is 61.4 Å². The van der Waals surface area contributed by atoms with Crippen molar-refractivity contribution in [2.24, 2.45) is 5.73 Å². The summed E-state index contributed by atoms with van der Waals surface area (Å²) in [5.74, 6) is -0.135. The summed E-state index contributed by atoms with van der Waals surface area (Å²) in [6.07, 6.45) is 2.12. The average molecular weight is 636 g/mol. The number of aromatic nitrogens is 2. The van der Waals surface area contributed by atoms with Crippen molar-refractivity contribution in [3.63, 3.8) is 0 Å². The molecule has 2 N–H and O–H groups in total. The van der Waals surface area contributed by atoms with Crippen molar-refractivity contribution in [1.82, 2.24) is 10.1 Å². The number of nitrogens with two attached hydrogens (primary N) is 1. The summed E-state index contributed by atoms with van der Waals surface area (Å²) in [4.78, 5) is 28.6. The topological polar surface area (TPSA) is 112 Å². The van der Waals surface area contributed by atoms with Crippen LogP contribution in [0, 0.1) is 13.8 Å². The van der Waals surface area contributed by atoms with E-state index in [0.717, 1.165) is 22.3 Å². The third kappa shape index (κ3) is 7.51. The molecule has 4 aromatic rings. The Morgan fingerprint density at radius 2 is 1.71 bits per heavy atom. The first-order valence-electron chi connectivity index (χ1n) is 12.5. The molecule has 214 valence electrons. The summed E-state index contributed by atoms with van der Waals surface area (Å²) < 4.78 is 10.4. The Labute approximate surface area is 257 Å². The largest absolute Gasteiger partial charge is 0.450 e. The van der Waals surface area contributed by atoms with E-state index in [2.05, 4.69) is 10.1 Å². The second-order valence-corrected chi connectivity index (χ2v) is 11.2. The molecule has 0 saturated heterocycles. The standard InChI is InChI=1S/C29H26Cl4N4O4/c1-16-11-18(12-17(2)20(16)5-4-10-40-29(34)39)15-37(28(38)27(32)33)19-8-9-35-23(13-19)25-14-24(36-41-25)26-21(30)6-3-7-22(26)31/h3,6-9,11-14,27H,4-5,10,15H2,1-2H3,(H2,34,39). The molecule has 0 saturated carbocycles. The maximum absolute atomic E-state index is 13.2. The van der Waals surface area contributed by atoms with Gasteiger partial charge in [0.25, 0.3) is 5.91 Å². The van der Waals surface area contributed by atoms with Gasteiger partial charge in [-0.15, -0.1) is 0 Å². The quantitative estimate of drug-likeness (QED) is 0.141. The number of alkyl halides is 2. The minimum Gasteiger partial charge on any atom is -0.450 e. The highest BCUT2D eigenvalue weighted by Crippen LogP contribution is 2.36. The smallest absolute Gasteiger partial charge is 0.404 e. The van der Waals surface area contributed by atoms with Crippen molar-refractivity contribution in [1.29, 1.82) is 0 Å². The van der Waals surface area contributed by atoms with E-state index in [1.807, 2.05) is 26.0 Å². The minimum atomic E-state index is -1.28. The lowest BCUT2D eigenvalue weighted by molar-refractivity contribution is -0.117. The van der Waals surface area contributed by atoms with Gasteiger partial charge in [-0.25, -0.2) is 4.79 Å². The summed E-state index contributed by atoms with van der Waals surface area (Å²) in [5, 5.41) is 4.98. The maximum atomic E-state index is 13.2. The Balaban J connectivity index is 1.61. The van der Waals surface area contributed by atoms with Crippen LogP contribution >= 0.6 is 46.4 Å². The predicted octanol–water partition coefficient (Wildman–Crippen LogP) is 7.69. The number of ether oxygens (including phenoxy) is 1. The van der Waals surface area contributed by atoms with Crippen molar-refractivity contribution in [3.8, 4) is 22.7 Å². The van der Waals surface area contributed by atoms with Crippen molar-refractivity contribution < 1.29 is 18.8 Å². The number of hydrogen-bond acceptors (Lipinski definition) is 6. The zero-order valence-corrected chi connectivity index (χ0v) is 25.2. The Hall–Kier alpha value is -3.30. The van der Waals surface area contributed by atoms with Crippen LogP contribution in [0.25, 0.3) is 22.7 Å². The van der Waals surface area contributed by atoms with Gasteiger partial charge in [0.2, 0.25) is 0 Å². The summed E-state index contributed by atoms with van der Waals surface area (Å²) in [6.45, 7) is 4.45. The number of primary amides is 1. The third-order valence-corrected chi connectivity index (χ3v) is 7.40. The van der Waals surface area contributed by atoms with E-state index in [1.54, 1.807) is 42.6 Å². The van der Waals surface area contributed by atoms with Gasteiger partial charge < -0.3 is 19.9 Å². The van der Waals surface area contributed by atoms with Crippen molar-refractivity contribution in [2.45, 2.75) is 38.1 Å². The van der Waals surface area contributed by atoms with Crippen LogP contribution in [0.4, 0.5) is 10.5 Å². The molecule has 0 radical (unpaired) electrons. The molecule has 0 fully saturated rings. The molecule has 0 aliphatic carbocycles. The third-order valence-electron chi connectivity index (χ3n) is 6.40. The van der Waals surface area contributed by atoms with E-state index in [1.165, 1.54) is 4.90 Å². The molecule has 0 bridgehead atoms. The molecular formula is C29H26Cl4N4O4. The van der Waals surface area contributed by atoms with Crippen molar-refractivity contribution in [3.05, 3.63) is 87.0 Å². The molecule has 2 aromatic heterocycles. The van der Waals surface area contributed by atoms with E-state index in [-0.39, 0.29) is 13.2 Å². The van der Waals surface area contributed by atoms with Crippen LogP contribution in [0.3, 0.4) is 0 Å². The predicted molar refractivity (Wildman–Crippen MR) is 162 cm³/mol. The zero-order chi connectivity index (χ0) is 29.7. The van der Waals surface area contributed by atoms with Gasteiger partial charge in [-0.3, -0.25) is 9.78 Å². The molecule has 0 aliphatic rings. The molecule has 0 aliphatic heterocycles. The number of rotatable bonds is 10. The van der Waals surface area contributed by atoms with Gasteiger partial charge >= 0.3 is 6.09 Å². The summed E-state index contributed by atoms with van der Waals surface area (Å²) in [7, 11) is 0. The number of pyridine rings is 1. The minimum absolute atomic E-state index is 0.210. The first-order chi connectivity index (χ1) is 19.5. The van der Waals surface area contributed by atoms with Gasteiger partial charge in [-0.05, 0) is 73.2 Å². The highest BCUT2D eigenvalue weighted by Gasteiger charge is 2.24. The Kier molecular flexibility index (Phi) is 10.1. The van der Waals surface area contributed by atoms with Crippen LogP contribution in [0.15, 0.2) is 59.3 Å². The number of anilines is 1. The van der Waals surface area contributed by atoms with Gasteiger partial charge in [0.1, 0.15) is 11.4 Å². The molecule has 2 heterocycles. The number of amides is 2. The van der Waals surface area contributed by atoms with E-state index in [9.17, 15) is 9.59 Å². The summed E-state index contributed by atoms with van der Waals surface area (Å²) in [6, 6.07) is 14.2. The van der Waals surface area contributed by atoms with Gasteiger partial charge in [0, 0.05) is 23.5 Å². The molecule has 12 heteroatoms. The average Bonchev–Trinajstić information content (AvgIpc) is 3.40. The second-order valence-electron chi connectivity index (χ2n) is 9.28. The van der Waals surface area contributed by atoms with Crippen LogP contribution in [0.2, 0.25) is 10.0 Å². The molecule has 0 spiro atoms. The Bertz CT molecular complexity index is 1530. The Morgan fingerprint density at radius 1 is 1.02 bits per heavy atom. The number of nitrogens with zero attached hydrogens (tertiary/aromatic N) is 3. The van der Waals surface area contributed by atoms with Gasteiger partial charge in [0.05, 0.1) is 23.2 Å². The van der Waals surface area contributed by atoms with Crippen LogP contribution in [-0.4, -0.2) is 33.6 Å². The van der Waals surface area contributed by atoms with Gasteiger partial charge in [-0.2, -0.15) is 0 Å². The van der Waals surface area contributed by atoms with Gasteiger partial charge in [0.15, 0.2) is 10.6 Å². The molecule has 0 unspecified atom stereocenters. The number of hydrogen-bond donors (Lipinski definition) is 1. The highest BCUT2D eigenvalue weighted by atomic mass is 35.5. The molecular weight excluding hydrogens is 610 g/mol. The monoisotopic (exact) mass is 634 g/mol. The molecule has 8 nitrogen and oxygen atoms in total.